The minimum atomic E-state index is -0.307. The number of aryl methyl sites for hydroxylation is 1. The summed E-state index contributed by atoms with van der Waals surface area (Å²) in [4.78, 5) is 15.0. The maximum absolute atomic E-state index is 13.1. The number of carbonyl (C=O) groups excluding carboxylic acids is 1. The molecule has 0 bridgehead atoms. The summed E-state index contributed by atoms with van der Waals surface area (Å²) in [5, 5.41) is 7.30. The zero-order chi connectivity index (χ0) is 21.1. The Balaban J connectivity index is 1.44. The van der Waals surface area contributed by atoms with Crippen LogP contribution in [0.15, 0.2) is 54.6 Å². The van der Waals surface area contributed by atoms with Gasteiger partial charge in [0.15, 0.2) is 0 Å². The van der Waals surface area contributed by atoms with Crippen molar-refractivity contribution >= 4 is 17.3 Å². The molecular formula is C23H25FN4O2. The van der Waals surface area contributed by atoms with Gasteiger partial charge in [-0.25, -0.2) is 4.39 Å². The van der Waals surface area contributed by atoms with Crippen molar-refractivity contribution in [1.82, 2.24) is 9.78 Å². The number of carbonyl (C=O) groups is 1. The van der Waals surface area contributed by atoms with Crippen LogP contribution in [0.5, 0.6) is 0 Å². The number of aromatic nitrogens is 2. The smallest absolute Gasteiger partial charge is 0.273 e. The second-order valence-corrected chi connectivity index (χ2v) is 7.49. The van der Waals surface area contributed by atoms with Crippen LogP contribution in [0.2, 0.25) is 0 Å². The number of hydrogen-bond donors (Lipinski definition) is 1. The fourth-order valence-electron chi connectivity index (χ4n) is 3.76. The number of halogens is 1. The third kappa shape index (κ3) is 4.36. The van der Waals surface area contributed by atoms with E-state index in [0.29, 0.717) is 17.1 Å². The van der Waals surface area contributed by atoms with Gasteiger partial charge < -0.3 is 15.0 Å². The molecule has 1 aliphatic rings. The minimum Gasteiger partial charge on any atom is -0.380 e. The fourth-order valence-corrected chi connectivity index (χ4v) is 3.76. The summed E-state index contributed by atoms with van der Waals surface area (Å²) in [5.74, 6) is -0.554. The Hall–Kier alpha value is -3.19. The van der Waals surface area contributed by atoms with E-state index in [0.717, 1.165) is 37.2 Å². The number of nitrogens with zero attached hydrogens (tertiary/aromatic N) is 3. The molecule has 4 rings (SSSR count). The summed E-state index contributed by atoms with van der Waals surface area (Å²) < 4.78 is 20.2. The molecule has 2 heterocycles. The van der Waals surface area contributed by atoms with E-state index in [1.54, 1.807) is 32.4 Å². The Labute approximate surface area is 175 Å². The Morgan fingerprint density at radius 3 is 2.60 bits per heavy atom. The van der Waals surface area contributed by atoms with Gasteiger partial charge >= 0.3 is 0 Å². The molecule has 1 aliphatic heterocycles. The lowest BCUT2D eigenvalue weighted by Crippen LogP contribution is -2.39. The first kappa shape index (κ1) is 20.1. The second kappa shape index (κ2) is 8.67. The molecule has 1 amide bonds. The maximum atomic E-state index is 13.1. The molecule has 1 N–H and O–H groups in total. The summed E-state index contributed by atoms with van der Waals surface area (Å²) in [5.41, 5.74) is 3.64. The molecule has 1 aromatic heterocycles. The highest BCUT2D eigenvalue weighted by Gasteiger charge is 2.20. The molecule has 0 aliphatic carbocycles. The first-order valence-electron chi connectivity index (χ1n) is 10.0. The quantitative estimate of drug-likeness (QED) is 0.691. The van der Waals surface area contributed by atoms with Crippen LogP contribution in [-0.4, -0.2) is 42.0 Å². The largest absolute Gasteiger partial charge is 0.380 e. The highest BCUT2D eigenvalue weighted by molar-refractivity contribution is 6.03. The molecule has 30 heavy (non-hydrogen) atoms. The molecular weight excluding hydrogens is 383 g/mol. The van der Waals surface area contributed by atoms with Gasteiger partial charge in [0.05, 0.1) is 11.8 Å². The third-order valence-electron chi connectivity index (χ3n) is 5.45. The van der Waals surface area contributed by atoms with Crippen LogP contribution in [0, 0.1) is 5.82 Å². The van der Waals surface area contributed by atoms with Crippen LogP contribution in [0.3, 0.4) is 0 Å². The summed E-state index contributed by atoms with van der Waals surface area (Å²) in [6, 6.07) is 15.6. The van der Waals surface area contributed by atoms with E-state index in [4.69, 9.17) is 4.74 Å². The van der Waals surface area contributed by atoms with E-state index in [1.807, 2.05) is 24.3 Å². The van der Waals surface area contributed by atoms with E-state index in [-0.39, 0.29) is 17.8 Å². The van der Waals surface area contributed by atoms with Crippen LogP contribution >= 0.6 is 0 Å². The zero-order valence-electron chi connectivity index (χ0n) is 17.1. The first-order valence-corrected chi connectivity index (χ1v) is 10.0. The second-order valence-electron chi connectivity index (χ2n) is 7.49. The average Bonchev–Trinajstić information content (AvgIpc) is 3.16. The Kier molecular flexibility index (Phi) is 5.81. The molecule has 1 fully saturated rings. The molecule has 3 aromatic rings. The van der Waals surface area contributed by atoms with Crippen molar-refractivity contribution in [2.24, 2.45) is 7.05 Å². The van der Waals surface area contributed by atoms with Crippen molar-refractivity contribution in [2.45, 2.75) is 18.9 Å². The van der Waals surface area contributed by atoms with Crippen LogP contribution in [-0.2, 0) is 11.8 Å². The van der Waals surface area contributed by atoms with E-state index < -0.39 is 0 Å². The van der Waals surface area contributed by atoms with Crippen molar-refractivity contribution in [3.8, 4) is 11.3 Å². The molecule has 0 radical (unpaired) electrons. The van der Waals surface area contributed by atoms with Gasteiger partial charge in [0.1, 0.15) is 11.5 Å². The molecule has 1 unspecified atom stereocenters. The molecule has 2 aromatic carbocycles. The number of anilines is 2. The Morgan fingerprint density at radius 1 is 1.17 bits per heavy atom. The standard InChI is InChI=1S/C23H25FN4O2/c1-27-22(14-21(26-27)16-5-7-17(24)8-6-16)23(29)25-18-9-11-19(12-10-18)28-13-3-4-20(15-28)30-2/h5-12,14,20H,3-4,13,15H2,1-2H3,(H,25,29). The van der Waals surface area contributed by atoms with Crippen LogP contribution in [0.25, 0.3) is 11.3 Å². The minimum absolute atomic E-state index is 0.247. The Morgan fingerprint density at radius 2 is 1.90 bits per heavy atom. The molecule has 0 spiro atoms. The molecule has 0 saturated carbocycles. The van der Waals surface area contributed by atoms with Crippen molar-refractivity contribution in [3.63, 3.8) is 0 Å². The maximum Gasteiger partial charge on any atom is 0.273 e. The summed E-state index contributed by atoms with van der Waals surface area (Å²) in [6.07, 6.45) is 2.46. The van der Waals surface area contributed by atoms with Gasteiger partial charge in [-0.1, -0.05) is 0 Å². The van der Waals surface area contributed by atoms with Gasteiger partial charge in [-0.15, -0.1) is 0 Å². The summed E-state index contributed by atoms with van der Waals surface area (Å²) in [7, 11) is 3.47. The number of benzene rings is 2. The van der Waals surface area contributed by atoms with Crippen LogP contribution < -0.4 is 10.2 Å². The van der Waals surface area contributed by atoms with Gasteiger partial charge in [-0.3, -0.25) is 9.48 Å². The van der Waals surface area contributed by atoms with Crippen LogP contribution in [0.1, 0.15) is 23.3 Å². The Bertz CT molecular complexity index is 1010. The summed E-state index contributed by atoms with van der Waals surface area (Å²) >= 11 is 0. The van der Waals surface area contributed by atoms with Crippen molar-refractivity contribution < 1.29 is 13.9 Å². The lowest BCUT2D eigenvalue weighted by atomic mass is 10.1. The van der Waals surface area contributed by atoms with Gasteiger partial charge in [0, 0.05) is 44.2 Å². The predicted molar refractivity (Wildman–Crippen MR) is 115 cm³/mol. The van der Waals surface area contributed by atoms with Crippen molar-refractivity contribution in [2.75, 3.05) is 30.4 Å². The number of methoxy groups -OCH3 is 1. The van der Waals surface area contributed by atoms with Gasteiger partial charge in [-0.05, 0) is 67.4 Å². The predicted octanol–water partition coefficient (Wildman–Crippen LogP) is 4.09. The number of rotatable bonds is 5. The highest BCUT2D eigenvalue weighted by atomic mass is 19.1. The lowest BCUT2D eigenvalue weighted by Gasteiger charge is -2.33. The average molecular weight is 408 g/mol. The fraction of sp³-hybridized carbons (Fsp3) is 0.304. The summed E-state index contributed by atoms with van der Waals surface area (Å²) in [6.45, 7) is 1.89. The zero-order valence-corrected chi connectivity index (χ0v) is 17.1. The first-order chi connectivity index (χ1) is 14.5. The van der Waals surface area contributed by atoms with Crippen molar-refractivity contribution in [3.05, 3.63) is 66.1 Å². The number of nitrogens with one attached hydrogen (secondary N) is 1. The molecule has 1 saturated heterocycles. The van der Waals surface area contributed by atoms with Crippen LogP contribution in [0.4, 0.5) is 15.8 Å². The topological polar surface area (TPSA) is 59.4 Å². The molecule has 7 heteroatoms. The number of ether oxygens (including phenoxy) is 1. The monoisotopic (exact) mass is 408 g/mol. The van der Waals surface area contributed by atoms with Gasteiger partial charge in [0.25, 0.3) is 5.91 Å². The molecule has 6 nitrogen and oxygen atoms in total. The van der Waals surface area contributed by atoms with Crippen molar-refractivity contribution in [1.29, 1.82) is 0 Å². The van der Waals surface area contributed by atoms with E-state index in [9.17, 15) is 9.18 Å². The molecule has 1 atom stereocenters. The lowest BCUT2D eigenvalue weighted by molar-refractivity contribution is 0.0893. The number of piperidine rings is 1. The SMILES string of the molecule is COC1CCCN(c2ccc(NC(=O)c3cc(-c4ccc(F)cc4)nn3C)cc2)C1. The third-order valence-corrected chi connectivity index (χ3v) is 5.45. The number of hydrogen-bond acceptors (Lipinski definition) is 4. The highest BCUT2D eigenvalue weighted by Crippen LogP contribution is 2.24. The number of amides is 1. The molecule has 156 valence electrons. The van der Waals surface area contributed by atoms with E-state index >= 15 is 0 Å². The van der Waals surface area contributed by atoms with Gasteiger partial charge in [-0.2, -0.15) is 5.10 Å². The normalized spacial score (nSPS) is 16.5. The van der Waals surface area contributed by atoms with E-state index in [2.05, 4.69) is 15.3 Å². The van der Waals surface area contributed by atoms with Gasteiger partial charge in [0.2, 0.25) is 0 Å². The van der Waals surface area contributed by atoms with E-state index in [1.165, 1.54) is 16.8 Å².